The number of carbonyl (C=O) groups excluding carboxylic acids is 6. The molecule has 10 rings (SSSR count). The van der Waals surface area contributed by atoms with E-state index in [4.69, 9.17) is 28.4 Å². The van der Waals surface area contributed by atoms with Crippen molar-refractivity contribution in [2.45, 2.75) is 200 Å². The summed E-state index contributed by atoms with van der Waals surface area (Å²) in [7, 11) is 3.02. The van der Waals surface area contributed by atoms with Crippen LogP contribution in [-0.4, -0.2) is 132 Å². The van der Waals surface area contributed by atoms with Crippen molar-refractivity contribution in [2.24, 2.45) is 34.5 Å². The van der Waals surface area contributed by atoms with Crippen LogP contribution in [0.5, 0.6) is 23.3 Å². The summed E-state index contributed by atoms with van der Waals surface area (Å²) < 4.78 is 99.1. The van der Waals surface area contributed by atoms with E-state index >= 15 is 17.6 Å². The van der Waals surface area contributed by atoms with Crippen molar-refractivity contribution in [1.82, 2.24) is 30.4 Å². The van der Waals surface area contributed by atoms with Crippen molar-refractivity contribution < 1.29 is 112 Å². The minimum atomic E-state index is -3.26. The molecular formula is C65H82F4N6O12V2-2. The number of benzene rings is 2. The fraction of sp³-hybridized carbons (Fsp3) is 0.631. The Morgan fingerprint density at radius 2 is 1.06 bits per heavy atom. The zero-order valence-electron chi connectivity index (χ0n) is 52.9. The van der Waals surface area contributed by atoms with Gasteiger partial charge < -0.3 is 58.4 Å². The van der Waals surface area contributed by atoms with Crippen LogP contribution in [-0.2, 0) is 77.6 Å². The van der Waals surface area contributed by atoms with Gasteiger partial charge in [-0.15, -0.1) is 0 Å². The smallest absolute Gasteiger partial charge is 0.408 e. The van der Waals surface area contributed by atoms with Crippen LogP contribution in [0, 0.1) is 48.3 Å². The SMILES string of the molecule is COc1ccc2c(C)c3c(nc2c1)O[C@H]1CN(C(=O)[C@H](C(C)(C)C)NC(=O)O[C@@H]2C[C@H]2CCCCC3(F)F)[C@H]([C-]=O)[C@@H]1C.COc1ccc2c(C)c3c(nc2c1)O[C@H]1CN(C(=O)[C@H](C(C)(C)C)NC(=O)O[C@]2(C)C[C@H]2CCCCC3(F)F)[C@H]([C-]=O)[C@@H]1C.[V].[V]. The average Bonchev–Trinajstić information content (AvgIpc) is 1.37. The molecule has 4 amide bonds. The first kappa shape index (κ1) is 70.6. The van der Waals surface area contributed by atoms with Crippen LogP contribution in [0.15, 0.2) is 36.4 Å². The van der Waals surface area contributed by atoms with E-state index in [0.29, 0.717) is 83.0 Å². The number of hydrogen-bond acceptors (Lipinski definition) is 14. The Morgan fingerprint density at radius 1 is 0.629 bits per heavy atom. The normalized spacial score (nSPS) is 29.7. The summed E-state index contributed by atoms with van der Waals surface area (Å²) >= 11 is 0. The van der Waals surface area contributed by atoms with E-state index in [1.807, 2.05) is 19.5 Å². The predicted molar refractivity (Wildman–Crippen MR) is 314 cm³/mol. The quantitative estimate of drug-likeness (QED) is 0.144. The molecule has 4 aromatic rings. The fourth-order valence-electron chi connectivity index (χ4n) is 13.0. The summed E-state index contributed by atoms with van der Waals surface area (Å²) in [5, 5.41) is 6.60. The number of carbonyl (C=O) groups is 4. The molecule has 2 aromatic heterocycles. The van der Waals surface area contributed by atoms with Crippen molar-refractivity contribution in [1.29, 1.82) is 0 Å². The molecule has 6 heterocycles. The first-order chi connectivity index (χ1) is 40.8. The zero-order valence-corrected chi connectivity index (χ0v) is 55.7. The summed E-state index contributed by atoms with van der Waals surface area (Å²) in [5.74, 6) is -7.99. The van der Waals surface area contributed by atoms with E-state index in [0.717, 1.165) is 0 Å². The summed E-state index contributed by atoms with van der Waals surface area (Å²) in [4.78, 5) is 90.0. The maximum absolute atomic E-state index is 16.2. The number of nitrogens with one attached hydrogen (secondary N) is 2. The topological polar surface area (TPSA) is 214 Å². The van der Waals surface area contributed by atoms with Gasteiger partial charge in [0.25, 0.3) is 11.8 Å². The number of fused-ring (bicyclic) bond motifs is 10. The molecule has 0 spiro atoms. The number of hydrogen-bond donors (Lipinski definition) is 2. The van der Waals surface area contributed by atoms with Gasteiger partial charge >= 0.3 is 12.2 Å². The number of alkyl halides is 4. The van der Waals surface area contributed by atoms with Gasteiger partial charge in [0.05, 0.1) is 49.5 Å². The van der Waals surface area contributed by atoms with Crippen LogP contribution in [0.25, 0.3) is 21.8 Å². The number of aromatic nitrogens is 2. The van der Waals surface area contributed by atoms with E-state index in [-0.39, 0.29) is 104 Å². The van der Waals surface area contributed by atoms with Crippen molar-refractivity contribution in [3.05, 3.63) is 58.7 Å². The number of rotatable bonds is 4. The monoisotopic (exact) mass is 1320 g/mol. The Kier molecular flexibility index (Phi) is 21.6. The average molecular weight is 1320 g/mol. The Hall–Kier alpha value is -5.83. The van der Waals surface area contributed by atoms with E-state index in [2.05, 4.69) is 20.6 Å². The molecule has 2 aliphatic carbocycles. The maximum atomic E-state index is 16.2. The molecule has 2 aromatic carbocycles. The summed E-state index contributed by atoms with van der Waals surface area (Å²) in [6, 6.07) is 6.09. The van der Waals surface area contributed by atoms with Gasteiger partial charge in [0.1, 0.15) is 47.5 Å². The van der Waals surface area contributed by atoms with Crippen molar-refractivity contribution in [2.75, 3.05) is 27.3 Å². The van der Waals surface area contributed by atoms with E-state index < -0.39 is 113 Å². The van der Waals surface area contributed by atoms with Gasteiger partial charge in [-0.3, -0.25) is 9.59 Å². The third-order valence-electron chi connectivity index (χ3n) is 18.7. The molecule has 6 aliphatic rings. The Balaban J connectivity index is 0.000000248. The summed E-state index contributed by atoms with van der Waals surface area (Å²) in [6.45, 7) is 19.2. The van der Waals surface area contributed by atoms with E-state index in [1.54, 1.807) is 106 Å². The standard InChI is InChI=1S/C33H42F2N3O6.C32H40F2N3O6.2V/c1-18-22-12-11-21(42-7)14-23(22)36-28-26(18)33(34,35)13-9-8-10-20-15-32(20,6)44-30(41)37-27(31(3,4)5)29(40)38-16-25(43-28)19(2)24(38)17-39;1-17-21-11-10-20(41-6)14-22(21)35-28-26(17)32(33,34)12-8-7-9-19-13-24(19)43-30(40)36-27(31(3,4)5)29(39)37-15-25(42-28)18(2)23(37)16-38;;/h11-12,14,19-20,24-25,27H,8-10,13,15-16H2,1-7H3,(H,37,41);10-11,14,18-19,23-25,27H,7-9,12-13,15H2,1-6H3,(H,36,40);;/q2*-1;;/t19-,20+,24+,25-,27+,32+;18-,19+,23+,24+,25-,27+;;/m00../s1. The largest absolute Gasteiger partial charge is 0.540 e. The number of amides is 4. The number of halogens is 4. The van der Waals surface area contributed by atoms with Gasteiger partial charge in [-0.25, -0.2) is 49.7 Å². The third kappa shape index (κ3) is 14.9. The first-order valence-corrected chi connectivity index (χ1v) is 30.2. The minimum Gasteiger partial charge on any atom is -0.540 e. The Morgan fingerprint density at radius 3 is 1.47 bits per heavy atom. The molecule has 12 atom stereocenters. The number of ether oxygens (including phenoxy) is 6. The van der Waals surface area contributed by atoms with Crippen LogP contribution >= 0.6 is 0 Å². The van der Waals surface area contributed by atoms with Crippen LogP contribution in [0.2, 0.25) is 0 Å². The number of methoxy groups -OCH3 is 2. The molecule has 4 fully saturated rings. The molecule has 4 aliphatic heterocycles. The van der Waals surface area contributed by atoms with Crippen molar-refractivity contribution in [3.63, 3.8) is 0 Å². The molecule has 2 N–H and O–H groups in total. The molecule has 484 valence electrons. The van der Waals surface area contributed by atoms with Crippen molar-refractivity contribution in [3.8, 4) is 23.3 Å². The van der Waals surface area contributed by atoms with Gasteiger partial charge in [0, 0.05) is 78.8 Å². The number of nitrogens with zero attached hydrogens (tertiary/aromatic N) is 4. The van der Waals surface area contributed by atoms with Crippen LogP contribution in [0.4, 0.5) is 27.2 Å². The molecule has 2 saturated carbocycles. The number of alkyl carbamates (subject to hydrolysis) is 2. The molecule has 24 heteroatoms. The first-order valence-electron chi connectivity index (χ1n) is 30.2. The second kappa shape index (κ2) is 27.2. The number of pyridine rings is 2. The van der Waals surface area contributed by atoms with Crippen LogP contribution in [0.1, 0.15) is 149 Å². The van der Waals surface area contributed by atoms with Gasteiger partial charge in [-0.1, -0.05) is 80.3 Å². The Labute approximate surface area is 541 Å². The zero-order chi connectivity index (χ0) is 63.5. The Bertz CT molecular complexity index is 3310. The molecule has 2 radical (unpaired) electrons. The van der Waals surface area contributed by atoms with Crippen LogP contribution in [0.3, 0.4) is 0 Å². The second-order valence-corrected chi connectivity index (χ2v) is 27.1. The van der Waals surface area contributed by atoms with Gasteiger partial charge in [-0.05, 0) is 123 Å². The summed E-state index contributed by atoms with van der Waals surface area (Å²) in [5.41, 5.74) is -1.20. The maximum Gasteiger partial charge on any atom is 0.408 e. The molecule has 4 bridgehead atoms. The van der Waals surface area contributed by atoms with E-state index in [9.17, 15) is 28.8 Å². The van der Waals surface area contributed by atoms with Gasteiger partial charge in [0.15, 0.2) is 0 Å². The summed E-state index contributed by atoms with van der Waals surface area (Å²) in [6.07, 6.45) is 3.79. The van der Waals surface area contributed by atoms with Crippen molar-refractivity contribution >= 4 is 58.4 Å². The third-order valence-corrected chi connectivity index (χ3v) is 18.7. The van der Waals surface area contributed by atoms with Gasteiger partial charge in [0.2, 0.25) is 23.6 Å². The fourth-order valence-corrected chi connectivity index (χ4v) is 13.0. The minimum absolute atomic E-state index is 0. The molecule has 2 saturated heterocycles. The van der Waals surface area contributed by atoms with E-state index in [1.165, 1.54) is 24.0 Å². The molecular weight excluding hydrogens is 1230 g/mol. The molecule has 18 nitrogen and oxygen atoms in total. The van der Waals surface area contributed by atoms with Crippen LogP contribution < -0.4 is 29.6 Å². The van der Waals surface area contributed by atoms with Gasteiger partial charge in [-0.2, -0.15) is 0 Å². The molecule has 89 heavy (non-hydrogen) atoms. The second-order valence-electron chi connectivity index (χ2n) is 27.1. The predicted octanol–water partition coefficient (Wildman–Crippen LogP) is 11.3. The number of aryl methyl sites for hydroxylation is 2. The molecule has 0 unspecified atom stereocenters.